The van der Waals surface area contributed by atoms with Crippen LogP contribution in [-0.2, 0) is 11.3 Å². The highest BCUT2D eigenvalue weighted by molar-refractivity contribution is 6.00. The molecule has 1 atom stereocenters. The van der Waals surface area contributed by atoms with Crippen LogP contribution in [0.3, 0.4) is 0 Å². The average Bonchev–Trinajstić information content (AvgIpc) is 3.28. The first-order valence-corrected chi connectivity index (χ1v) is 11.8. The van der Waals surface area contributed by atoms with Crippen LogP contribution in [0.4, 0.5) is 0 Å². The van der Waals surface area contributed by atoms with E-state index in [1.54, 1.807) is 7.11 Å². The number of nitrogens with one attached hydrogen (secondary N) is 1. The molecule has 1 unspecified atom stereocenters. The summed E-state index contributed by atoms with van der Waals surface area (Å²) in [5, 5.41) is 7.89. The number of likely N-dealkylation sites (tertiary alicyclic amines) is 1. The van der Waals surface area contributed by atoms with Crippen molar-refractivity contribution < 1.29 is 14.3 Å². The predicted molar refractivity (Wildman–Crippen MR) is 132 cm³/mol. The van der Waals surface area contributed by atoms with Gasteiger partial charge in [-0.3, -0.25) is 14.3 Å². The molecule has 0 radical (unpaired) electrons. The molecule has 0 spiro atoms. The fourth-order valence-corrected chi connectivity index (χ4v) is 4.23. The number of aromatic nitrogens is 2. The monoisotopic (exact) mass is 460 g/mol. The molecule has 1 aromatic heterocycles. The fourth-order valence-electron chi connectivity index (χ4n) is 4.23. The molecule has 34 heavy (non-hydrogen) atoms. The Hall–Kier alpha value is -3.61. The van der Waals surface area contributed by atoms with Crippen LogP contribution in [0.1, 0.15) is 42.6 Å². The Balaban J connectivity index is 1.63. The van der Waals surface area contributed by atoms with Gasteiger partial charge in [0.2, 0.25) is 5.91 Å². The van der Waals surface area contributed by atoms with Crippen molar-refractivity contribution in [3.63, 3.8) is 0 Å². The van der Waals surface area contributed by atoms with Gasteiger partial charge in [0.1, 0.15) is 11.4 Å². The maximum absolute atomic E-state index is 13.7. The van der Waals surface area contributed by atoms with E-state index in [4.69, 9.17) is 9.84 Å². The maximum Gasteiger partial charge on any atom is 0.257 e. The van der Waals surface area contributed by atoms with Gasteiger partial charge in [0.15, 0.2) is 0 Å². The lowest BCUT2D eigenvalue weighted by Crippen LogP contribution is -2.50. The van der Waals surface area contributed by atoms with Crippen molar-refractivity contribution in [1.82, 2.24) is 20.0 Å². The Labute approximate surface area is 200 Å². The molecule has 0 saturated carbocycles. The molecular formula is C27H32N4O3. The zero-order valence-corrected chi connectivity index (χ0v) is 20.0. The van der Waals surface area contributed by atoms with Crippen LogP contribution in [0.2, 0.25) is 0 Å². The van der Waals surface area contributed by atoms with E-state index in [2.05, 4.69) is 5.32 Å². The fraction of sp³-hybridized carbons (Fsp3) is 0.370. The van der Waals surface area contributed by atoms with Gasteiger partial charge in [0, 0.05) is 36.8 Å². The van der Waals surface area contributed by atoms with Crippen LogP contribution >= 0.6 is 0 Å². The lowest BCUT2D eigenvalue weighted by atomic mass is 10.0. The molecule has 178 valence electrons. The van der Waals surface area contributed by atoms with E-state index in [1.165, 1.54) is 0 Å². The number of hydrogen-bond donors (Lipinski definition) is 1. The summed E-state index contributed by atoms with van der Waals surface area (Å²) in [7, 11) is 1.62. The topological polar surface area (TPSA) is 76.5 Å². The second-order valence-electron chi connectivity index (χ2n) is 9.06. The van der Waals surface area contributed by atoms with E-state index in [0.717, 1.165) is 24.0 Å². The lowest BCUT2D eigenvalue weighted by Gasteiger charge is -2.33. The minimum absolute atomic E-state index is 0.0204. The van der Waals surface area contributed by atoms with Crippen LogP contribution in [-0.4, -0.2) is 52.7 Å². The normalized spacial score (nSPS) is 15.9. The van der Waals surface area contributed by atoms with Crippen LogP contribution in [0.15, 0.2) is 60.8 Å². The molecule has 2 amide bonds. The van der Waals surface area contributed by atoms with Gasteiger partial charge in [-0.15, -0.1) is 0 Å². The molecular weight excluding hydrogens is 428 g/mol. The van der Waals surface area contributed by atoms with Crippen LogP contribution in [0.25, 0.3) is 11.3 Å². The van der Waals surface area contributed by atoms with Gasteiger partial charge in [0.25, 0.3) is 5.91 Å². The zero-order chi connectivity index (χ0) is 24.1. The van der Waals surface area contributed by atoms with Crippen molar-refractivity contribution in [2.75, 3.05) is 20.2 Å². The van der Waals surface area contributed by atoms with Crippen molar-refractivity contribution in [1.29, 1.82) is 0 Å². The summed E-state index contributed by atoms with van der Waals surface area (Å²) in [5.41, 5.74) is 3.12. The first-order valence-electron chi connectivity index (χ1n) is 11.8. The predicted octanol–water partition coefficient (Wildman–Crippen LogP) is 3.98. The number of hydrogen-bond acceptors (Lipinski definition) is 4. The molecule has 0 aliphatic carbocycles. The van der Waals surface area contributed by atoms with Crippen molar-refractivity contribution >= 4 is 11.8 Å². The SMILES string of the molecule is COc1cccc(-c2nn(Cc3ccccc3)cc2C(=O)N2CCCC(NC(=O)C(C)C)C2)c1. The standard InChI is InChI=1S/C27H32N4O3/c1-19(2)26(32)28-22-12-8-14-30(17-22)27(33)24-18-31(16-20-9-5-4-6-10-20)29-25(24)21-11-7-13-23(15-21)34-3/h4-7,9-11,13,15,18-19,22H,8,12,14,16-17H2,1-3H3,(H,28,32). The van der Waals surface area contributed by atoms with Crippen molar-refractivity contribution in [3.8, 4) is 17.0 Å². The second-order valence-corrected chi connectivity index (χ2v) is 9.06. The molecule has 1 fully saturated rings. The molecule has 1 aliphatic rings. The number of amides is 2. The average molecular weight is 461 g/mol. The zero-order valence-electron chi connectivity index (χ0n) is 20.0. The first-order chi connectivity index (χ1) is 16.4. The number of rotatable bonds is 7. The Kier molecular flexibility index (Phi) is 7.30. The van der Waals surface area contributed by atoms with Gasteiger partial charge in [-0.2, -0.15) is 5.10 Å². The number of carbonyl (C=O) groups is 2. The van der Waals surface area contributed by atoms with E-state index >= 15 is 0 Å². The minimum atomic E-state index is -0.0815. The van der Waals surface area contributed by atoms with Crippen molar-refractivity contribution in [3.05, 3.63) is 71.9 Å². The van der Waals surface area contributed by atoms with Gasteiger partial charge in [0.05, 0.1) is 19.2 Å². The lowest BCUT2D eigenvalue weighted by molar-refractivity contribution is -0.125. The Morgan fingerprint density at radius 1 is 1.15 bits per heavy atom. The summed E-state index contributed by atoms with van der Waals surface area (Å²) in [6, 6.07) is 17.6. The van der Waals surface area contributed by atoms with Gasteiger partial charge < -0.3 is 15.0 Å². The molecule has 7 nitrogen and oxygen atoms in total. The van der Waals surface area contributed by atoms with Crippen molar-refractivity contribution in [2.45, 2.75) is 39.3 Å². The maximum atomic E-state index is 13.7. The molecule has 7 heteroatoms. The molecule has 1 aliphatic heterocycles. The molecule has 2 heterocycles. The van der Waals surface area contributed by atoms with Gasteiger partial charge in [-0.25, -0.2) is 0 Å². The molecule has 3 aromatic rings. The molecule has 2 aromatic carbocycles. The van der Waals surface area contributed by atoms with E-state index < -0.39 is 0 Å². The minimum Gasteiger partial charge on any atom is -0.497 e. The summed E-state index contributed by atoms with van der Waals surface area (Å²) in [4.78, 5) is 27.7. The van der Waals surface area contributed by atoms with E-state index in [9.17, 15) is 9.59 Å². The molecule has 4 rings (SSSR count). The van der Waals surface area contributed by atoms with E-state index in [1.807, 2.05) is 84.2 Å². The summed E-state index contributed by atoms with van der Waals surface area (Å²) in [5.74, 6) is 0.581. The molecule has 1 N–H and O–H groups in total. The van der Waals surface area contributed by atoms with Crippen LogP contribution in [0.5, 0.6) is 5.75 Å². The number of benzene rings is 2. The number of ether oxygens (including phenoxy) is 1. The third-order valence-electron chi connectivity index (χ3n) is 6.10. The number of piperidine rings is 1. The van der Waals surface area contributed by atoms with Crippen LogP contribution < -0.4 is 10.1 Å². The summed E-state index contributed by atoms with van der Waals surface area (Å²) < 4.78 is 7.21. The first kappa shape index (κ1) is 23.5. The van der Waals surface area contributed by atoms with Gasteiger partial charge in [-0.1, -0.05) is 56.3 Å². The Morgan fingerprint density at radius 2 is 1.94 bits per heavy atom. The second kappa shape index (κ2) is 10.5. The summed E-state index contributed by atoms with van der Waals surface area (Å²) >= 11 is 0. The van der Waals surface area contributed by atoms with E-state index in [0.29, 0.717) is 36.6 Å². The number of nitrogens with zero attached hydrogens (tertiary/aromatic N) is 3. The van der Waals surface area contributed by atoms with Crippen molar-refractivity contribution in [2.24, 2.45) is 5.92 Å². The highest BCUT2D eigenvalue weighted by Crippen LogP contribution is 2.28. The van der Waals surface area contributed by atoms with Gasteiger partial charge in [-0.05, 0) is 30.5 Å². The van der Waals surface area contributed by atoms with Gasteiger partial charge >= 0.3 is 0 Å². The smallest absolute Gasteiger partial charge is 0.257 e. The quantitative estimate of drug-likeness (QED) is 0.579. The third-order valence-corrected chi connectivity index (χ3v) is 6.10. The number of carbonyl (C=O) groups excluding carboxylic acids is 2. The highest BCUT2D eigenvalue weighted by Gasteiger charge is 2.29. The van der Waals surface area contributed by atoms with E-state index in [-0.39, 0.29) is 23.8 Å². The largest absolute Gasteiger partial charge is 0.497 e. The molecule has 0 bridgehead atoms. The Bertz CT molecular complexity index is 1140. The summed E-state index contributed by atoms with van der Waals surface area (Å²) in [6.45, 7) is 5.48. The number of methoxy groups -OCH3 is 1. The third kappa shape index (κ3) is 5.47. The molecule has 1 saturated heterocycles. The summed E-state index contributed by atoms with van der Waals surface area (Å²) in [6.07, 6.45) is 3.56. The highest BCUT2D eigenvalue weighted by atomic mass is 16.5. The Morgan fingerprint density at radius 3 is 2.68 bits per heavy atom. The van der Waals surface area contributed by atoms with Crippen LogP contribution in [0, 0.1) is 5.92 Å².